The first-order chi connectivity index (χ1) is 14.5. The fourth-order valence-corrected chi connectivity index (χ4v) is 6.28. The van der Waals surface area contributed by atoms with Gasteiger partial charge in [-0.2, -0.15) is 8.42 Å². The van der Waals surface area contributed by atoms with Crippen molar-refractivity contribution in [2.24, 2.45) is 5.92 Å². The molecule has 3 unspecified atom stereocenters. The SMILES string of the molecule is O=S(=O)(OCc1ccccc1)C(C1CCN(Cc2ccccc2)C1)N1CCC(O)C1. The monoisotopic (exact) mass is 430 g/mol. The van der Waals surface area contributed by atoms with Crippen molar-refractivity contribution in [3.8, 4) is 0 Å². The summed E-state index contributed by atoms with van der Waals surface area (Å²) >= 11 is 0. The van der Waals surface area contributed by atoms with E-state index in [1.165, 1.54) is 5.56 Å². The lowest BCUT2D eigenvalue weighted by atomic mass is 10.1. The quantitative estimate of drug-likeness (QED) is 0.649. The Balaban J connectivity index is 1.47. The van der Waals surface area contributed by atoms with Crippen LogP contribution in [0.3, 0.4) is 0 Å². The van der Waals surface area contributed by atoms with Crippen LogP contribution in [0.2, 0.25) is 0 Å². The van der Waals surface area contributed by atoms with Crippen LogP contribution in [0.25, 0.3) is 0 Å². The Hall–Kier alpha value is -1.77. The number of nitrogens with zero attached hydrogens (tertiary/aromatic N) is 2. The van der Waals surface area contributed by atoms with Gasteiger partial charge < -0.3 is 5.11 Å². The molecule has 2 aliphatic heterocycles. The first kappa shape index (κ1) is 21.5. The summed E-state index contributed by atoms with van der Waals surface area (Å²) in [6.07, 6.45) is 0.932. The van der Waals surface area contributed by atoms with Gasteiger partial charge in [0.05, 0.1) is 12.7 Å². The number of rotatable bonds is 8. The Morgan fingerprint density at radius 2 is 1.60 bits per heavy atom. The van der Waals surface area contributed by atoms with Crippen LogP contribution in [-0.4, -0.2) is 61.0 Å². The maximum atomic E-state index is 13.3. The molecule has 3 atom stereocenters. The molecule has 0 saturated carbocycles. The number of β-amino-alcohol motifs (C(OH)–C–C–N with tert-alkyl or cyclic N) is 1. The summed E-state index contributed by atoms with van der Waals surface area (Å²) in [5, 5.41) is 9.30. The van der Waals surface area contributed by atoms with Crippen LogP contribution in [0.15, 0.2) is 60.7 Å². The molecule has 2 aliphatic rings. The highest BCUT2D eigenvalue weighted by molar-refractivity contribution is 7.87. The van der Waals surface area contributed by atoms with E-state index in [1.807, 2.05) is 53.4 Å². The van der Waals surface area contributed by atoms with Gasteiger partial charge in [0, 0.05) is 32.1 Å². The van der Waals surface area contributed by atoms with Gasteiger partial charge in [-0.25, -0.2) is 0 Å². The average Bonchev–Trinajstić information content (AvgIpc) is 3.37. The van der Waals surface area contributed by atoms with Crippen molar-refractivity contribution in [1.29, 1.82) is 0 Å². The van der Waals surface area contributed by atoms with Crippen LogP contribution in [0.5, 0.6) is 0 Å². The molecule has 0 aliphatic carbocycles. The van der Waals surface area contributed by atoms with E-state index in [0.29, 0.717) is 26.1 Å². The molecule has 7 heteroatoms. The lowest BCUT2D eigenvalue weighted by Crippen LogP contribution is -2.46. The Kier molecular flexibility index (Phi) is 6.85. The third-order valence-corrected chi connectivity index (χ3v) is 7.77. The van der Waals surface area contributed by atoms with Gasteiger partial charge in [-0.15, -0.1) is 0 Å². The summed E-state index contributed by atoms with van der Waals surface area (Å²) in [5.74, 6) is -0.0419. The molecule has 2 heterocycles. The Morgan fingerprint density at radius 1 is 0.933 bits per heavy atom. The second-order valence-electron chi connectivity index (χ2n) is 8.34. The molecule has 30 heavy (non-hydrogen) atoms. The fourth-order valence-electron chi connectivity index (χ4n) is 4.59. The third kappa shape index (κ3) is 5.28. The number of likely N-dealkylation sites (tertiary alicyclic amines) is 2. The van der Waals surface area contributed by atoms with Crippen molar-refractivity contribution in [1.82, 2.24) is 9.80 Å². The molecule has 6 nitrogen and oxygen atoms in total. The minimum absolute atomic E-state index is 0.0382. The van der Waals surface area contributed by atoms with Crippen molar-refractivity contribution < 1.29 is 17.7 Å². The van der Waals surface area contributed by atoms with E-state index in [2.05, 4.69) is 17.0 Å². The van der Waals surface area contributed by atoms with Crippen molar-refractivity contribution >= 4 is 10.1 Å². The maximum absolute atomic E-state index is 13.3. The van der Waals surface area contributed by atoms with Gasteiger partial charge in [-0.05, 0) is 30.5 Å². The smallest absolute Gasteiger partial charge is 0.284 e. The molecular weight excluding hydrogens is 400 g/mol. The molecule has 0 amide bonds. The molecule has 1 N–H and O–H groups in total. The van der Waals surface area contributed by atoms with Crippen molar-refractivity contribution in [2.75, 3.05) is 26.2 Å². The van der Waals surface area contributed by atoms with Crippen molar-refractivity contribution in [2.45, 2.75) is 37.5 Å². The minimum atomic E-state index is -3.82. The normalized spacial score (nSPS) is 24.3. The van der Waals surface area contributed by atoms with Crippen LogP contribution in [0.4, 0.5) is 0 Å². The predicted octanol–water partition coefficient (Wildman–Crippen LogP) is 2.45. The summed E-state index contributed by atoms with van der Waals surface area (Å²) in [6.45, 7) is 3.39. The molecule has 0 bridgehead atoms. The van der Waals surface area contributed by atoms with Crippen molar-refractivity contribution in [3.63, 3.8) is 0 Å². The second kappa shape index (κ2) is 9.58. The van der Waals surface area contributed by atoms with Gasteiger partial charge in [0.1, 0.15) is 5.37 Å². The van der Waals surface area contributed by atoms with Gasteiger partial charge in [-0.3, -0.25) is 14.0 Å². The molecule has 4 rings (SSSR count). The molecule has 2 saturated heterocycles. The average molecular weight is 431 g/mol. The minimum Gasteiger partial charge on any atom is -0.392 e. The second-order valence-corrected chi connectivity index (χ2v) is 10.0. The Morgan fingerprint density at radius 3 is 2.23 bits per heavy atom. The van der Waals surface area contributed by atoms with E-state index in [-0.39, 0.29) is 12.5 Å². The van der Waals surface area contributed by atoms with Gasteiger partial charge in [0.25, 0.3) is 10.1 Å². The maximum Gasteiger partial charge on any atom is 0.284 e. The van der Waals surface area contributed by atoms with Crippen LogP contribution < -0.4 is 0 Å². The Bertz CT molecular complexity index is 907. The summed E-state index contributed by atoms with van der Waals surface area (Å²) < 4.78 is 32.1. The van der Waals surface area contributed by atoms with Gasteiger partial charge in [0.2, 0.25) is 0 Å². The summed E-state index contributed by atoms with van der Waals surface area (Å²) in [6, 6.07) is 19.6. The third-order valence-electron chi connectivity index (χ3n) is 6.04. The van der Waals surface area contributed by atoms with E-state index >= 15 is 0 Å². The molecule has 0 spiro atoms. The lowest BCUT2D eigenvalue weighted by molar-refractivity contribution is 0.152. The van der Waals surface area contributed by atoms with Crippen LogP contribution in [-0.2, 0) is 27.5 Å². The fraction of sp³-hybridized carbons (Fsp3) is 0.478. The number of aliphatic hydroxyl groups excluding tert-OH is 1. The predicted molar refractivity (Wildman–Crippen MR) is 116 cm³/mol. The van der Waals surface area contributed by atoms with Crippen molar-refractivity contribution in [3.05, 3.63) is 71.8 Å². The summed E-state index contributed by atoms with van der Waals surface area (Å²) in [4.78, 5) is 4.22. The largest absolute Gasteiger partial charge is 0.392 e. The number of hydrogen-bond donors (Lipinski definition) is 1. The lowest BCUT2D eigenvalue weighted by Gasteiger charge is -2.31. The first-order valence-electron chi connectivity index (χ1n) is 10.6. The molecule has 162 valence electrons. The van der Waals surface area contributed by atoms with E-state index in [0.717, 1.165) is 25.1 Å². The summed E-state index contributed by atoms with van der Waals surface area (Å²) in [5.41, 5.74) is 2.06. The summed E-state index contributed by atoms with van der Waals surface area (Å²) in [7, 11) is -3.82. The van der Waals surface area contributed by atoms with E-state index < -0.39 is 21.6 Å². The van der Waals surface area contributed by atoms with Gasteiger partial charge in [-0.1, -0.05) is 60.7 Å². The topological polar surface area (TPSA) is 70.1 Å². The molecular formula is C23H30N2O4S. The van der Waals surface area contributed by atoms with E-state index in [4.69, 9.17) is 4.18 Å². The zero-order valence-electron chi connectivity index (χ0n) is 17.1. The highest BCUT2D eigenvalue weighted by Crippen LogP contribution is 2.31. The number of benzene rings is 2. The van der Waals surface area contributed by atoms with Crippen LogP contribution >= 0.6 is 0 Å². The standard InChI is InChI=1S/C23H30N2O4S/c26-22-12-14-25(17-22)23(30(27,28)29-18-20-9-5-2-6-10-20)21-11-13-24(16-21)15-19-7-3-1-4-8-19/h1-10,21-23,26H,11-18H2. The first-order valence-corrected chi connectivity index (χ1v) is 12.1. The number of hydrogen-bond acceptors (Lipinski definition) is 6. The molecule has 2 fully saturated rings. The highest BCUT2D eigenvalue weighted by atomic mass is 32.2. The van der Waals surface area contributed by atoms with Crippen LogP contribution in [0, 0.1) is 5.92 Å². The molecule has 2 aromatic rings. The van der Waals surface area contributed by atoms with Gasteiger partial charge in [0.15, 0.2) is 0 Å². The van der Waals surface area contributed by atoms with Gasteiger partial charge >= 0.3 is 0 Å². The van der Waals surface area contributed by atoms with E-state index in [1.54, 1.807) is 0 Å². The highest BCUT2D eigenvalue weighted by Gasteiger charge is 2.44. The molecule has 2 aromatic carbocycles. The van der Waals surface area contributed by atoms with Crippen LogP contribution in [0.1, 0.15) is 24.0 Å². The Labute approximate surface area is 179 Å². The zero-order chi connectivity index (χ0) is 21.0. The van der Waals surface area contributed by atoms with E-state index in [9.17, 15) is 13.5 Å². The molecule has 0 aromatic heterocycles. The zero-order valence-corrected chi connectivity index (χ0v) is 18.0. The molecule has 0 radical (unpaired) electrons. The number of aliphatic hydroxyl groups is 1.